The van der Waals surface area contributed by atoms with E-state index in [4.69, 9.17) is 5.73 Å². The van der Waals surface area contributed by atoms with Crippen molar-refractivity contribution in [1.82, 2.24) is 19.8 Å². The first-order valence-corrected chi connectivity index (χ1v) is 9.22. The quantitative estimate of drug-likeness (QED) is 0.844. The van der Waals surface area contributed by atoms with Crippen molar-refractivity contribution in [2.75, 3.05) is 26.2 Å². The number of amides is 2. The molecule has 25 heavy (non-hydrogen) atoms. The standard InChI is InChI=1S/C18H25N5O2/c19-16(24)13-4-8-22(10-12-2-3-12)11-14(13)18(25)23-9-5-15(23)17-20-6-1-7-21-17/h1,6-7,12-15H,2-5,8-11H2,(H2,19,24)/t13-,14+,15-/m0/s1. The maximum Gasteiger partial charge on any atom is 0.228 e. The highest BCUT2D eigenvalue weighted by atomic mass is 16.2. The van der Waals surface area contributed by atoms with E-state index in [1.165, 1.54) is 12.8 Å². The van der Waals surface area contributed by atoms with E-state index in [2.05, 4.69) is 14.9 Å². The number of nitrogens with two attached hydrogens (primary N) is 1. The number of likely N-dealkylation sites (tertiary alicyclic amines) is 2. The van der Waals surface area contributed by atoms with E-state index in [9.17, 15) is 9.59 Å². The average Bonchev–Trinajstić information content (AvgIpc) is 3.38. The van der Waals surface area contributed by atoms with Crippen LogP contribution in [0.15, 0.2) is 18.5 Å². The number of rotatable bonds is 5. The topological polar surface area (TPSA) is 92.4 Å². The van der Waals surface area contributed by atoms with Gasteiger partial charge in [0.05, 0.1) is 17.9 Å². The Hall–Kier alpha value is -2.02. The summed E-state index contributed by atoms with van der Waals surface area (Å²) in [5, 5.41) is 0. The van der Waals surface area contributed by atoms with Crippen molar-refractivity contribution in [2.45, 2.75) is 31.7 Å². The van der Waals surface area contributed by atoms with Crippen LogP contribution in [0, 0.1) is 17.8 Å². The monoisotopic (exact) mass is 343 g/mol. The molecule has 2 saturated heterocycles. The number of carbonyl (C=O) groups excluding carboxylic acids is 2. The third-order valence-electron chi connectivity index (χ3n) is 5.78. The summed E-state index contributed by atoms with van der Waals surface area (Å²) in [5.41, 5.74) is 5.61. The second kappa shape index (κ2) is 6.71. The third-order valence-corrected chi connectivity index (χ3v) is 5.78. The van der Waals surface area contributed by atoms with E-state index in [1.54, 1.807) is 18.5 Å². The van der Waals surface area contributed by atoms with Crippen LogP contribution in [0.4, 0.5) is 0 Å². The van der Waals surface area contributed by atoms with Gasteiger partial charge in [-0.25, -0.2) is 9.97 Å². The van der Waals surface area contributed by atoms with E-state index in [-0.39, 0.29) is 29.7 Å². The summed E-state index contributed by atoms with van der Waals surface area (Å²) in [7, 11) is 0. The molecule has 0 bridgehead atoms. The van der Waals surface area contributed by atoms with Crippen molar-refractivity contribution in [1.29, 1.82) is 0 Å². The van der Waals surface area contributed by atoms with Gasteiger partial charge in [0.25, 0.3) is 0 Å². The predicted molar refractivity (Wildman–Crippen MR) is 91.1 cm³/mol. The zero-order valence-electron chi connectivity index (χ0n) is 14.4. The fourth-order valence-corrected chi connectivity index (χ4v) is 4.06. The summed E-state index contributed by atoms with van der Waals surface area (Å²) >= 11 is 0. The average molecular weight is 343 g/mol. The molecule has 2 amide bonds. The molecule has 7 heteroatoms. The highest BCUT2D eigenvalue weighted by Crippen LogP contribution is 2.37. The molecular formula is C18H25N5O2. The van der Waals surface area contributed by atoms with E-state index < -0.39 is 0 Å². The summed E-state index contributed by atoms with van der Waals surface area (Å²) < 4.78 is 0. The first-order valence-electron chi connectivity index (χ1n) is 9.22. The Morgan fingerprint density at radius 3 is 2.44 bits per heavy atom. The highest BCUT2D eigenvalue weighted by molar-refractivity contribution is 5.88. The zero-order valence-corrected chi connectivity index (χ0v) is 14.4. The molecule has 0 spiro atoms. The SMILES string of the molecule is NC(=O)[C@H]1CCN(CC2CC2)C[C@H]1C(=O)N1CC[C@H]1c1ncccn1. The van der Waals surface area contributed by atoms with Gasteiger partial charge in [-0.2, -0.15) is 0 Å². The molecule has 134 valence electrons. The predicted octanol–water partition coefficient (Wildman–Crippen LogP) is 0.583. The van der Waals surface area contributed by atoms with E-state index in [0.717, 1.165) is 25.4 Å². The lowest BCUT2D eigenvalue weighted by atomic mass is 9.82. The summed E-state index contributed by atoms with van der Waals surface area (Å²) in [4.78, 5) is 37.8. The van der Waals surface area contributed by atoms with Gasteiger partial charge in [0.15, 0.2) is 5.82 Å². The lowest BCUT2D eigenvalue weighted by Gasteiger charge is -2.45. The highest BCUT2D eigenvalue weighted by Gasteiger charge is 2.45. The molecule has 3 aliphatic rings. The number of nitrogens with zero attached hydrogens (tertiary/aromatic N) is 4. The maximum absolute atomic E-state index is 13.2. The Labute approximate surface area is 147 Å². The molecule has 1 aromatic heterocycles. The van der Waals surface area contributed by atoms with Crippen molar-refractivity contribution >= 4 is 11.8 Å². The van der Waals surface area contributed by atoms with Crippen molar-refractivity contribution in [2.24, 2.45) is 23.5 Å². The Morgan fingerprint density at radius 1 is 1.08 bits per heavy atom. The number of primary amides is 1. The van der Waals surface area contributed by atoms with Gasteiger partial charge in [-0.15, -0.1) is 0 Å². The molecule has 0 unspecified atom stereocenters. The molecular weight excluding hydrogens is 318 g/mol. The first kappa shape index (κ1) is 16.4. The van der Waals surface area contributed by atoms with Gasteiger partial charge in [0.2, 0.25) is 11.8 Å². The smallest absolute Gasteiger partial charge is 0.228 e. The lowest BCUT2D eigenvalue weighted by Crippen LogP contribution is -2.56. The molecule has 1 aliphatic carbocycles. The van der Waals surface area contributed by atoms with Gasteiger partial charge in [-0.1, -0.05) is 0 Å². The molecule has 2 aliphatic heterocycles. The van der Waals surface area contributed by atoms with Crippen molar-refractivity contribution in [3.8, 4) is 0 Å². The van der Waals surface area contributed by atoms with Crippen LogP contribution in [0.25, 0.3) is 0 Å². The van der Waals surface area contributed by atoms with E-state index >= 15 is 0 Å². The zero-order chi connectivity index (χ0) is 17.4. The Bertz CT molecular complexity index is 648. The maximum atomic E-state index is 13.2. The molecule has 7 nitrogen and oxygen atoms in total. The van der Waals surface area contributed by atoms with E-state index in [0.29, 0.717) is 25.3 Å². The fraction of sp³-hybridized carbons (Fsp3) is 0.667. The number of hydrogen-bond donors (Lipinski definition) is 1. The van der Waals surface area contributed by atoms with Crippen molar-refractivity contribution < 1.29 is 9.59 Å². The molecule has 3 heterocycles. The van der Waals surface area contributed by atoms with Crippen LogP contribution in [-0.4, -0.2) is 57.8 Å². The molecule has 3 fully saturated rings. The van der Waals surface area contributed by atoms with Gasteiger partial charge in [0.1, 0.15) is 0 Å². The van der Waals surface area contributed by atoms with Crippen LogP contribution in [0.3, 0.4) is 0 Å². The van der Waals surface area contributed by atoms with E-state index in [1.807, 2.05) is 4.90 Å². The van der Waals surface area contributed by atoms with Crippen LogP contribution in [0.5, 0.6) is 0 Å². The molecule has 4 rings (SSSR count). The van der Waals surface area contributed by atoms with Gasteiger partial charge < -0.3 is 15.5 Å². The number of hydrogen-bond acceptors (Lipinski definition) is 5. The van der Waals surface area contributed by atoms with Crippen LogP contribution < -0.4 is 5.73 Å². The van der Waals surface area contributed by atoms with Crippen LogP contribution in [0.2, 0.25) is 0 Å². The molecule has 3 atom stereocenters. The van der Waals surface area contributed by atoms with Crippen molar-refractivity contribution in [3.63, 3.8) is 0 Å². The second-order valence-corrected chi connectivity index (χ2v) is 7.55. The third kappa shape index (κ3) is 3.38. The number of aromatic nitrogens is 2. The molecule has 1 saturated carbocycles. The second-order valence-electron chi connectivity index (χ2n) is 7.55. The Balaban J connectivity index is 1.48. The minimum absolute atomic E-state index is 0.0352. The Kier molecular flexibility index (Phi) is 4.41. The van der Waals surface area contributed by atoms with Crippen LogP contribution in [0.1, 0.15) is 37.5 Å². The lowest BCUT2D eigenvalue weighted by molar-refractivity contribution is -0.151. The minimum Gasteiger partial charge on any atom is -0.369 e. The van der Waals surface area contributed by atoms with Gasteiger partial charge in [-0.05, 0) is 44.2 Å². The summed E-state index contributed by atoms with van der Waals surface area (Å²) in [6, 6.07) is 1.70. The molecule has 1 aromatic rings. The number of piperidine rings is 1. The summed E-state index contributed by atoms with van der Waals surface area (Å²) in [6.07, 6.45) is 7.52. The largest absolute Gasteiger partial charge is 0.369 e. The molecule has 2 N–H and O–H groups in total. The summed E-state index contributed by atoms with van der Waals surface area (Å²) in [5.74, 6) is 0.446. The first-order chi connectivity index (χ1) is 12.1. The van der Waals surface area contributed by atoms with Gasteiger partial charge in [0, 0.05) is 32.0 Å². The fourth-order valence-electron chi connectivity index (χ4n) is 4.06. The molecule has 0 aromatic carbocycles. The van der Waals surface area contributed by atoms with Crippen LogP contribution >= 0.6 is 0 Å². The molecule has 0 radical (unpaired) electrons. The van der Waals surface area contributed by atoms with Crippen LogP contribution in [-0.2, 0) is 9.59 Å². The summed E-state index contributed by atoms with van der Waals surface area (Å²) in [6.45, 7) is 3.24. The normalized spacial score (nSPS) is 29.9. The van der Waals surface area contributed by atoms with Gasteiger partial charge in [-0.3, -0.25) is 9.59 Å². The number of carbonyl (C=O) groups is 2. The van der Waals surface area contributed by atoms with Crippen molar-refractivity contribution in [3.05, 3.63) is 24.3 Å². The minimum atomic E-state index is -0.360. The Morgan fingerprint density at radius 2 is 1.84 bits per heavy atom. The van der Waals surface area contributed by atoms with Gasteiger partial charge >= 0.3 is 0 Å².